The van der Waals surface area contributed by atoms with Gasteiger partial charge in [-0.25, -0.2) is 0 Å². The van der Waals surface area contributed by atoms with Crippen LogP contribution in [0.25, 0.3) is 5.69 Å². The topological polar surface area (TPSA) is 56.6 Å². The predicted molar refractivity (Wildman–Crippen MR) is 128 cm³/mol. The fourth-order valence-corrected chi connectivity index (χ4v) is 4.74. The molecule has 3 aromatic rings. The van der Waals surface area contributed by atoms with Crippen LogP contribution in [0, 0.1) is 13.8 Å². The van der Waals surface area contributed by atoms with Gasteiger partial charge in [0.25, 0.3) is 0 Å². The maximum atomic E-state index is 10.5. The summed E-state index contributed by atoms with van der Waals surface area (Å²) in [5.74, 6) is 0.265. The van der Waals surface area contributed by atoms with Crippen LogP contribution in [0.3, 0.4) is 0 Å². The van der Waals surface area contributed by atoms with E-state index in [0.29, 0.717) is 0 Å². The first-order chi connectivity index (χ1) is 14.9. The third-order valence-corrected chi connectivity index (χ3v) is 6.25. The summed E-state index contributed by atoms with van der Waals surface area (Å²) in [6.45, 7) is 5.89. The number of aromatic hydroxyl groups is 1. The molecule has 4 rings (SSSR count). The Labute approximate surface area is 189 Å². The number of nitrogens with one attached hydrogen (secondary N) is 1. The molecule has 0 aliphatic carbocycles. The lowest BCUT2D eigenvalue weighted by Gasteiger charge is -2.29. The zero-order valence-electron chi connectivity index (χ0n) is 18.4. The van der Waals surface area contributed by atoms with Gasteiger partial charge in [-0.2, -0.15) is 0 Å². The molecule has 0 unspecified atom stereocenters. The van der Waals surface area contributed by atoms with E-state index in [4.69, 9.17) is 12.2 Å². The van der Waals surface area contributed by atoms with Gasteiger partial charge in [0.15, 0.2) is 5.11 Å². The van der Waals surface area contributed by atoms with Gasteiger partial charge in [-0.3, -0.25) is 4.98 Å². The molecule has 0 radical (unpaired) electrons. The van der Waals surface area contributed by atoms with Crippen LogP contribution in [0.4, 0.5) is 0 Å². The monoisotopic (exact) mass is 435 g/mol. The van der Waals surface area contributed by atoms with Crippen molar-refractivity contribution in [2.45, 2.75) is 25.9 Å². The Bertz CT molecular complexity index is 1080. The van der Waals surface area contributed by atoms with Crippen LogP contribution < -0.4 is 5.32 Å². The zero-order valence-corrected chi connectivity index (χ0v) is 19.2. The molecular weight excluding hydrogens is 406 g/mol. The Morgan fingerprint density at radius 2 is 1.87 bits per heavy atom. The van der Waals surface area contributed by atoms with Gasteiger partial charge in [0.2, 0.25) is 0 Å². The Hall–Kier alpha value is -2.90. The Morgan fingerprint density at radius 1 is 1.13 bits per heavy atom. The van der Waals surface area contributed by atoms with Gasteiger partial charge in [0.1, 0.15) is 5.75 Å². The van der Waals surface area contributed by atoms with E-state index in [2.05, 4.69) is 58.7 Å². The van der Waals surface area contributed by atoms with Gasteiger partial charge in [0.05, 0.1) is 23.5 Å². The molecule has 1 aliphatic rings. The Balaban J connectivity index is 1.82. The SMILES string of the molecule is Cc1cc([C@@H]2[C@@H](c3ccccn3)NC(=S)N2CCN(C)C)c(C)n1-c1ccccc1O. The van der Waals surface area contributed by atoms with Crippen molar-refractivity contribution in [2.24, 2.45) is 0 Å². The molecule has 0 spiro atoms. The molecule has 3 heterocycles. The Kier molecular flexibility index (Phi) is 5.98. The van der Waals surface area contributed by atoms with Crippen molar-refractivity contribution >= 4 is 17.3 Å². The minimum atomic E-state index is -0.0471. The fourth-order valence-electron chi connectivity index (χ4n) is 4.40. The lowest BCUT2D eigenvalue weighted by atomic mass is 9.96. The quantitative estimate of drug-likeness (QED) is 0.576. The average molecular weight is 436 g/mol. The van der Waals surface area contributed by atoms with Crippen molar-refractivity contribution in [3.05, 3.63) is 77.4 Å². The van der Waals surface area contributed by atoms with Crippen LogP contribution in [-0.2, 0) is 0 Å². The van der Waals surface area contributed by atoms with E-state index in [1.807, 2.05) is 42.6 Å². The van der Waals surface area contributed by atoms with E-state index in [-0.39, 0.29) is 17.8 Å². The zero-order chi connectivity index (χ0) is 22.1. The second kappa shape index (κ2) is 8.69. The van der Waals surface area contributed by atoms with Crippen LogP contribution in [0.2, 0.25) is 0 Å². The molecule has 2 atom stereocenters. The third-order valence-electron chi connectivity index (χ3n) is 5.90. The number of thiocarbonyl (C=S) groups is 1. The number of hydrogen-bond acceptors (Lipinski definition) is 4. The molecule has 1 fully saturated rings. The van der Waals surface area contributed by atoms with E-state index in [1.165, 1.54) is 5.56 Å². The van der Waals surface area contributed by atoms with Gasteiger partial charge in [-0.15, -0.1) is 0 Å². The smallest absolute Gasteiger partial charge is 0.170 e. The molecule has 1 aliphatic heterocycles. The van der Waals surface area contributed by atoms with Crippen molar-refractivity contribution in [3.63, 3.8) is 0 Å². The summed E-state index contributed by atoms with van der Waals surface area (Å²) in [4.78, 5) is 9.06. The lowest BCUT2D eigenvalue weighted by molar-refractivity contribution is 0.277. The number of aromatic nitrogens is 2. The standard InChI is InChI=1S/C24H29N5OS/c1-16-15-18(17(2)29(16)20-10-5-6-11-21(20)30)23-22(19-9-7-8-12-25-19)26-24(31)28(23)14-13-27(3)4/h5-12,15,22-23,30H,13-14H2,1-4H3,(H,26,31)/t22-,23-/m1/s1. The predicted octanol–water partition coefficient (Wildman–Crippen LogP) is 3.73. The molecule has 162 valence electrons. The van der Waals surface area contributed by atoms with E-state index in [1.54, 1.807) is 6.07 Å². The maximum absolute atomic E-state index is 10.5. The van der Waals surface area contributed by atoms with Gasteiger partial charge in [-0.05, 0) is 76.1 Å². The highest BCUT2D eigenvalue weighted by molar-refractivity contribution is 7.80. The van der Waals surface area contributed by atoms with Crippen molar-refractivity contribution in [3.8, 4) is 11.4 Å². The number of para-hydroxylation sites is 2. The van der Waals surface area contributed by atoms with E-state index >= 15 is 0 Å². The van der Waals surface area contributed by atoms with Crippen LogP contribution in [0.5, 0.6) is 5.75 Å². The number of hydrogen-bond donors (Lipinski definition) is 2. The molecule has 1 aromatic carbocycles. The van der Waals surface area contributed by atoms with Gasteiger partial charge >= 0.3 is 0 Å². The van der Waals surface area contributed by atoms with Crippen molar-refractivity contribution in [1.29, 1.82) is 0 Å². The number of pyridine rings is 1. The van der Waals surface area contributed by atoms with Crippen molar-refractivity contribution < 1.29 is 5.11 Å². The van der Waals surface area contributed by atoms with Crippen LogP contribution >= 0.6 is 12.2 Å². The van der Waals surface area contributed by atoms with Gasteiger partial charge in [0, 0.05) is 30.7 Å². The normalized spacial score (nSPS) is 18.6. The first kappa shape index (κ1) is 21.3. The molecular formula is C24H29N5OS. The van der Waals surface area contributed by atoms with Gasteiger partial charge < -0.3 is 24.8 Å². The average Bonchev–Trinajstić information content (AvgIpc) is 3.23. The van der Waals surface area contributed by atoms with Crippen LogP contribution in [-0.4, -0.2) is 56.8 Å². The second-order valence-corrected chi connectivity index (χ2v) is 8.66. The van der Waals surface area contributed by atoms with E-state index < -0.39 is 0 Å². The Morgan fingerprint density at radius 3 is 2.55 bits per heavy atom. The molecule has 31 heavy (non-hydrogen) atoms. The summed E-state index contributed by atoms with van der Waals surface area (Å²) < 4.78 is 2.12. The van der Waals surface area contributed by atoms with E-state index in [0.717, 1.165) is 41.0 Å². The highest BCUT2D eigenvalue weighted by Crippen LogP contribution is 2.41. The largest absolute Gasteiger partial charge is 0.506 e. The molecule has 0 amide bonds. The molecule has 6 nitrogen and oxygen atoms in total. The fraction of sp³-hybridized carbons (Fsp3) is 0.333. The number of phenols is 1. The summed E-state index contributed by atoms with van der Waals surface area (Å²) in [5.41, 5.74) is 5.09. The van der Waals surface area contributed by atoms with Crippen molar-refractivity contribution in [1.82, 2.24) is 24.7 Å². The number of nitrogens with zero attached hydrogens (tertiary/aromatic N) is 4. The van der Waals surface area contributed by atoms with Crippen LogP contribution in [0.15, 0.2) is 54.7 Å². The molecule has 0 saturated carbocycles. The number of likely N-dealkylation sites (N-methyl/N-ethyl adjacent to an activating group) is 1. The number of rotatable bonds is 6. The minimum absolute atomic E-state index is 0.00755. The summed E-state index contributed by atoms with van der Waals surface area (Å²) in [6, 6.07) is 15.6. The maximum Gasteiger partial charge on any atom is 0.170 e. The second-order valence-electron chi connectivity index (χ2n) is 8.27. The summed E-state index contributed by atoms with van der Waals surface area (Å²) in [5, 5.41) is 14.7. The van der Waals surface area contributed by atoms with E-state index in [9.17, 15) is 5.11 Å². The number of aryl methyl sites for hydroxylation is 1. The first-order valence-corrected chi connectivity index (χ1v) is 10.9. The lowest BCUT2D eigenvalue weighted by Crippen LogP contribution is -2.35. The number of phenolic OH excluding ortho intramolecular Hbond substituents is 1. The van der Waals surface area contributed by atoms with Gasteiger partial charge in [-0.1, -0.05) is 18.2 Å². The van der Waals surface area contributed by atoms with Crippen molar-refractivity contribution in [2.75, 3.05) is 27.2 Å². The minimum Gasteiger partial charge on any atom is -0.506 e. The highest BCUT2D eigenvalue weighted by atomic mass is 32.1. The summed E-state index contributed by atoms with van der Waals surface area (Å²) >= 11 is 5.77. The summed E-state index contributed by atoms with van der Waals surface area (Å²) in [7, 11) is 4.14. The third kappa shape index (κ3) is 4.03. The molecule has 2 N–H and O–H groups in total. The van der Waals surface area contributed by atoms with Crippen LogP contribution in [0.1, 0.15) is 34.7 Å². The first-order valence-electron chi connectivity index (χ1n) is 10.5. The molecule has 1 saturated heterocycles. The highest BCUT2D eigenvalue weighted by Gasteiger charge is 2.41. The molecule has 7 heteroatoms. The molecule has 2 aromatic heterocycles. The summed E-state index contributed by atoms with van der Waals surface area (Å²) in [6.07, 6.45) is 1.82. The number of benzene rings is 1. The molecule has 0 bridgehead atoms.